The van der Waals surface area contributed by atoms with Crippen LogP contribution in [0.15, 0.2) is 29.6 Å². The number of carbonyl (C=O) groups excluding carboxylic acids is 1. The van der Waals surface area contributed by atoms with E-state index >= 15 is 0 Å². The molecule has 0 unspecified atom stereocenters. The molecule has 1 N–H and O–H groups in total. The van der Waals surface area contributed by atoms with E-state index in [1.807, 2.05) is 42.9 Å². The van der Waals surface area contributed by atoms with E-state index < -0.39 is 0 Å². The molecule has 0 radical (unpaired) electrons. The van der Waals surface area contributed by atoms with Gasteiger partial charge in [0, 0.05) is 25.2 Å². The fourth-order valence-electron chi connectivity index (χ4n) is 3.55. The van der Waals surface area contributed by atoms with Gasteiger partial charge in [-0.25, -0.2) is 14.6 Å². The van der Waals surface area contributed by atoms with Crippen molar-refractivity contribution in [1.82, 2.24) is 25.1 Å². The van der Waals surface area contributed by atoms with E-state index in [9.17, 15) is 4.79 Å². The average molecular weight is 441 g/mol. The number of benzene rings is 1. The molecule has 1 amide bonds. The van der Waals surface area contributed by atoms with E-state index in [1.165, 1.54) is 5.56 Å². The van der Waals surface area contributed by atoms with E-state index in [2.05, 4.69) is 22.2 Å². The lowest BCUT2D eigenvalue weighted by Crippen LogP contribution is -2.37. The first-order valence-corrected chi connectivity index (χ1v) is 11.6. The Kier molecular flexibility index (Phi) is 6.72. The highest BCUT2D eigenvalue weighted by molar-refractivity contribution is 7.99. The van der Waals surface area contributed by atoms with Gasteiger partial charge in [-0.05, 0) is 42.9 Å². The lowest BCUT2D eigenvalue weighted by molar-refractivity contribution is 0.0952. The Morgan fingerprint density at radius 1 is 1.19 bits per heavy atom. The van der Waals surface area contributed by atoms with Crippen LogP contribution in [0.25, 0.3) is 11.0 Å². The van der Waals surface area contributed by atoms with Crippen LogP contribution in [0.3, 0.4) is 0 Å². The zero-order valence-corrected chi connectivity index (χ0v) is 19.0. The summed E-state index contributed by atoms with van der Waals surface area (Å²) >= 11 is 1.62. The zero-order chi connectivity index (χ0) is 21.8. The number of morpholine rings is 1. The maximum atomic E-state index is 12.5. The number of ether oxygens (including phenoxy) is 1. The normalized spacial score (nSPS) is 14.2. The lowest BCUT2D eigenvalue weighted by Gasteiger charge is -2.28. The van der Waals surface area contributed by atoms with Crippen LogP contribution < -0.4 is 10.2 Å². The van der Waals surface area contributed by atoms with Gasteiger partial charge in [-0.3, -0.25) is 4.79 Å². The number of aryl methyl sites for hydroxylation is 2. The van der Waals surface area contributed by atoms with Crippen molar-refractivity contribution in [1.29, 1.82) is 0 Å². The molecule has 31 heavy (non-hydrogen) atoms. The van der Waals surface area contributed by atoms with E-state index in [1.54, 1.807) is 11.8 Å². The first-order chi connectivity index (χ1) is 15.1. The average Bonchev–Trinajstić information content (AvgIpc) is 3.19. The van der Waals surface area contributed by atoms with E-state index in [4.69, 9.17) is 14.7 Å². The van der Waals surface area contributed by atoms with Crippen molar-refractivity contribution in [3.05, 3.63) is 41.1 Å². The van der Waals surface area contributed by atoms with Crippen molar-refractivity contribution in [2.45, 2.75) is 32.5 Å². The number of fused-ring (bicyclic) bond motifs is 1. The molecule has 164 valence electrons. The molecule has 3 aromatic rings. The van der Waals surface area contributed by atoms with Crippen molar-refractivity contribution in [3.63, 3.8) is 0 Å². The second-order valence-corrected chi connectivity index (χ2v) is 8.75. The summed E-state index contributed by atoms with van der Waals surface area (Å²) in [6.45, 7) is 10.1. The molecule has 3 heterocycles. The zero-order valence-electron chi connectivity index (χ0n) is 18.2. The number of amides is 1. The quantitative estimate of drug-likeness (QED) is 0.447. The second-order valence-electron chi connectivity index (χ2n) is 7.52. The molecule has 8 nitrogen and oxygen atoms in total. The predicted molar refractivity (Wildman–Crippen MR) is 123 cm³/mol. The summed E-state index contributed by atoms with van der Waals surface area (Å²) in [6.07, 6.45) is 1.83. The fraction of sp³-hybridized carbons (Fsp3) is 0.455. The number of anilines is 1. The van der Waals surface area contributed by atoms with Crippen LogP contribution in [0, 0.1) is 13.8 Å². The number of aromatic nitrogens is 4. The molecule has 0 spiro atoms. The number of carbonyl (C=O) groups is 1. The highest BCUT2D eigenvalue weighted by atomic mass is 32.2. The Morgan fingerprint density at radius 3 is 2.74 bits per heavy atom. The Labute approximate surface area is 186 Å². The highest BCUT2D eigenvalue weighted by Gasteiger charge is 2.20. The SMILES string of the molecule is CCSc1nc(N2CCOCC2)c2cnn(CCNC(=O)c3ccc(C)c(C)c3)c2n1. The maximum absolute atomic E-state index is 12.5. The standard InChI is InChI=1S/C22H28N6O2S/c1-4-31-22-25-19(27-9-11-30-12-10-27)18-14-24-28(20(18)26-22)8-7-23-21(29)17-6-5-15(2)16(3)13-17/h5-6,13-14H,4,7-12H2,1-3H3,(H,23,29). The van der Waals surface area contributed by atoms with E-state index in [0.29, 0.717) is 31.9 Å². The molecule has 0 atom stereocenters. The molecule has 1 aliphatic rings. The number of hydrogen-bond acceptors (Lipinski definition) is 7. The number of nitrogens with one attached hydrogen (secondary N) is 1. The lowest BCUT2D eigenvalue weighted by atomic mass is 10.1. The van der Waals surface area contributed by atoms with E-state index in [0.717, 1.165) is 46.4 Å². The van der Waals surface area contributed by atoms with Gasteiger partial charge in [0.1, 0.15) is 5.82 Å². The minimum absolute atomic E-state index is 0.0783. The summed E-state index contributed by atoms with van der Waals surface area (Å²) in [6, 6.07) is 5.75. The van der Waals surface area contributed by atoms with Crippen LogP contribution in [0.2, 0.25) is 0 Å². The highest BCUT2D eigenvalue weighted by Crippen LogP contribution is 2.27. The second kappa shape index (κ2) is 9.65. The molecule has 1 aliphatic heterocycles. The molecule has 1 saturated heterocycles. The molecule has 0 aliphatic carbocycles. The van der Waals surface area contributed by atoms with Gasteiger partial charge in [0.25, 0.3) is 5.91 Å². The van der Waals surface area contributed by atoms with Gasteiger partial charge in [-0.15, -0.1) is 0 Å². The van der Waals surface area contributed by atoms with Gasteiger partial charge in [0.2, 0.25) is 0 Å². The topological polar surface area (TPSA) is 85.2 Å². The molecule has 9 heteroatoms. The Balaban J connectivity index is 1.51. The van der Waals surface area contributed by atoms with Crippen LogP contribution >= 0.6 is 11.8 Å². The molecule has 0 bridgehead atoms. The third kappa shape index (κ3) is 4.83. The van der Waals surface area contributed by atoms with Gasteiger partial charge < -0.3 is 15.0 Å². The third-order valence-corrected chi connectivity index (χ3v) is 6.15. The summed E-state index contributed by atoms with van der Waals surface area (Å²) < 4.78 is 7.34. The van der Waals surface area contributed by atoms with Gasteiger partial charge in [-0.2, -0.15) is 5.10 Å². The minimum atomic E-state index is -0.0783. The Bertz CT molecular complexity index is 1080. The first-order valence-electron chi connectivity index (χ1n) is 10.6. The molecule has 1 aromatic carbocycles. The van der Waals surface area contributed by atoms with Crippen molar-refractivity contribution in [2.75, 3.05) is 43.5 Å². The number of hydrogen-bond donors (Lipinski definition) is 1. The summed E-state index contributed by atoms with van der Waals surface area (Å²) in [5.41, 5.74) is 3.76. The first kappa shape index (κ1) is 21.6. The van der Waals surface area contributed by atoms with Crippen molar-refractivity contribution >= 4 is 34.5 Å². The van der Waals surface area contributed by atoms with Crippen LogP contribution in [-0.2, 0) is 11.3 Å². The predicted octanol–water partition coefficient (Wildman–Crippen LogP) is 2.82. The van der Waals surface area contributed by atoms with Gasteiger partial charge in [0.15, 0.2) is 10.8 Å². The number of thioether (sulfide) groups is 1. The summed E-state index contributed by atoms with van der Waals surface area (Å²) in [5.74, 6) is 1.73. The minimum Gasteiger partial charge on any atom is -0.378 e. The molecular weight excluding hydrogens is 412 g/mol. The summed E-state index contributed by atoms with van der Waals surface area (Å²) in [7, 11) is 0. The van der Waals surface area contributed by atoms with Crippen LogP contribution in [-0.4, -0.2) is 64.3 Å². The number of rotatable bonds is 7. The molecular formula is C22H28N6O2S. The van der Waals surface area contributed by atoms with Crippen LogP contribution in [0.1, 0.15) is 28.4 Å². The fourth-order valence-corrected chi connectivity index (χ4v) is 4.11. The summed E-state index contributed by atoms with van der Waals surface area (Å²) in [5, 5.41) is 9.21. The van der Waals surface area contributed by atoms with E-state index in [-0.39, 0.29) is 5.91 Å². The molecule has 0 saturated carbocycles. The van der Waals surface area contributed by atoms with Crippen molar-refractivity contribution in [3.8, 4) is 0 Å². The van der Waals surface area contributed by atoms with Gasteiger partial charge in [0.05, 0.1) is 31.3 Å². The van der Waals surface area contributed by atoms with Gasteiger partial charge in [-0.1, -0.05) is 24.8 Å². The third-order valence-electron chi connectivity index (χ3n) is 5.42. The summed E-state index contributed by atoms with van der Waals surface area (Å²) in [4.78, 5) is 24.3. The molecule has 2 aromatic heterocycles. The Hall–Kier alpha value is -2.65. The Morgan fingerprint density at radius 2 is 2.00 bits per heavy atom. The number of nitrogens with zero attached hydrogens (tertiary/aromatic N) is 5. The van der Waals surface area contributed by atoms with Crippen molar-refractivity contribution in [2.24, 2.45) is 0 Å². The van der Waals surface area contributed by atoms with Crippen LogP contribution in [0.4, 0.5) is 5.82 Å². The van der Waals surface area contributed by atoms with Gasteiger partial charge >= 0.3 is 0 Å². The van der Waals surface area contributed by atoms with Crippen LogP contribution in [0.5, 0.6) is 0 Å². The smallest absolute Gasteiger partial charge is 0.251 e. The molecule has 1 fully saturated rings. The van der Waals surface area contributed by atoms with Crippen molar-refractivity contribution < 1.29 is 9.53 Å². The largest absolute Gasteiger partial charge is 0.378 e. The molecule has 4 rings (SSSR count). The maximum Gasteiger partial charge on any atom is 0.251 e. The monoisotopic (exact) mass is 440 g/mol.